The number of hydrogen-bond donors (Lipinski definition) is 1. The van der Waals surface area contributed by atoms with Crippen LogP contribution < -0.4 is 10.9 Å². The summed E-state index contributed by atoms with van der Waals surface area (Å²) >= 11 is 0. The van der Waals surface area contributed by atoms with E-state index in [9.17, 15) is 31.5 Å². The van der Waals surface area contributed by atoms with Crippen LogP contribution in [0, 0.1) is 5.92 Å². The van der Waals surface area contributed by atoms with E-state index in [1.807, 2.05) is 12.3 Å². The molecule has 0 unspecified atom stereocenters. The van der Waals surface area contributed by atoms with Crippen LogP contribution in [0.25, 0.3) is 10.9 Å². The molecule has 2 fully saturated rings. The molecule has 1 aliphatic heterocycles. The van der Waals surface area contributed by atoms with Gasteiger partial charge in [-0.1, -0.05) is 12.1 Å². The number of rotatable bonds is 8. The molecule has 2 aliphatic rings. The number of Topliss-reactive ketones (excluding diaryl/α,β-unsaturated/α-hetero) is 1. The molecule has 0 bridgehead atoms. The molecule has 0 spiro atoms. The molecule has 0 amide bonds. The molecule has 0 atom stereocenters. The smallest absolute Gasteiger partial charge is 0.377 e. The van der Waals surface area contributed by atoms with Crippen molar-refractivity contribution in [2.75, 3.05) is 25.0 Å². The molecule has 11 heteroatoms. The Balaban J connectivity index is 1.16. The number of likely N-dealkylation sites (tertiary alicyclic amines) is 1. The Labute approximate surface area is 228 Å². The van der Waals surface area contributed by atoms with E-state index < -0.39 is 17.8 Å². The number of benzene rings is 1. The van der Waals surface area contributed by atoms with Crippen molar-refractivity contribution in [3.05, 3.63) is 70.3 Å². The molecule has 6 nitrogen and oxygen atoms in total. The van der Waals surface area contributed by atoms with Gasteiger partial charge in [0.25, 0.3) is 11.5 Å². The molecule has 3 heterocycles. The van der Waals surface area contributed by atoms with Crippen molar-refractivity contribution in [3.63, 3.8) is 0 Å². The van der Waals surface area contributed by atoms with Crippen LogP contribution in [0.3, 0.4) is 0 Å². The lowest BCUT2D eigenvalue weighted by atomic mass is 9.85. The second kappa shape index (κ2) is 10.9. The minimum Gasteiger partial charge on any atom is -0.377 e. The molecule has 2 aromatic heterocycles. The fourth-order valence-corrected chi connectivity index (χ4v) is 5.86. The fraction of sp³-hybridized carbons (Fsp3) is 0.483. The monoisotopic (exact) mass is 562 g/mol. The van der Waals surface area contributed by atoms with E-state index in [0.717, 1.165) is 63.0 Å². The predicted molar refractivity (Wildman–Crippen MR) is 141 cm³/mol. The minimum atomic E-state index is -4.73. The van der Waals surface area contributed by atoms with Gasteiger partial charge in [0.05, 0.1) is 12.1 Å². The van der Waals surface area contributed by atoms with Crippen molar-refractivity contribution >= 4 is 22.4 Å². The number of aromatic nitrogens is 2. The molecule has 1 aliphatic carbocycles. The number of anilines is 1. The summed E-state index contributed by atoms with van der Waals surface area (Å²) in [6, 6.07) is 9.87. The van der Waals surface area contributed by atoms with Crippen LogP contribution in [0.1, 0.15) is 56.3 Å². The molecular formula is C29H31F5N4O2. The van der Waals surface area contributed by atoms with Gasteiger partial charge in [0.1, 0.15) is 5.69 Å². The third kappa shape index (κ3) is 6.19. The first-order valence-corrected chi connectivity index (χ1v) is 13.5. The van der Waals surface area contributed by atoms with Gasteiger partial charge >= 0.3 is 6.18 Å². The van der Waals surface area contributed by atoms with Gasteiger partial charge < -0.3 is 9.88 Å². The summed E-state index contributed by atoms with van der Waals surface area (Å²) < 4.78 is 69.8. The summed E-state index contributed by atoms with van der Waals surface area (Å²) in [6.07, 6.45) is 1.18. The van der Waals surface area contributed by atoms with Crippen molar-refractivity contribution in [2.45, 2.75) is 63.2 Å². The Morgan fingerprint density at radius 3 is 2.35 bits per heavy atom. The predicted octanol–water partition coefficient (Wildman–Crippen LogP) is 6.01. The summed E-state index contributed by atoms with van der Waals surface area (Å²) in [5.74, 6) is -3.18. The number of halogens is 5. The van der Waals surface area contributed by atoms with Crippen LogP contribution in [-0.4, -0.2) is 45.9 Å². The molecule has 0 radical (unpaired) electrons. The van der Waals surface area contributed by atoms with Gasteiger partial charge in [0.2, 0.25) is 0 Å². The zero-order chi connectivity index (χ0) is 28.7. The highest BCUT2D eigenvalue weighted by Gasteiger charge is 2.36. The number of carbonyl (C=O) groups is 1. The van der Waals surface area contributed by atoms with Crippen LogP contribution >= 0.6 is 0 Å². The summed E-state index contributed by atoms with van der Waals surface area (Å²) in [4.78, 5) is 30.8. The number of pyridine rings is 2. The quantitative estimate of drug-likeness (QED) is 0.341. The zero-order valence-electron chi connectivity index (χ0n) is 22.1. The van der Waals surface area contributed by atoms with E-state index in [2.05, 4.69) is 15.2 Å². The van der Waals surface area contributed by atoms with Gasteiger partial charge in [0.15, 0.2) is 5.78 Å². The van der Waals surface area contributed by atoms with Gasteiger partial charge in [-0.15, -0.1) is 0 Å². The molecular weight excluding hydrogens is 531 g/mol. The molecule has 3 aromatic rings. The second-order valence-corrected chi connectivity index (χ2v) is 11.0. The zero-order valence-corrected chi connectivity index (χ0v) is 22.1. The van der Waals surface area contributed by atoms with E-state index in [0.29, 0.717) is 13.0 Å². The minimum absolute atomic E-state index is 0.0141. The average Bonchev–Trinajstić information content (AvgIpc) is 2.88. The Hall–Kier alpha value is -3.34. The van der Waals surface area contributed by atoms with E-state index in [4.69, 9.17) is 0 Å². The van der Waals surface area contributed by atoms with Crippen LogP contribution in [0.15, 0.2) is 53.5 Å². The highest BCUT2D eigenvalue weighted by atomic mass is 19.4. The maximum absolute atomic E-state index is 13.9. The number of nitrogens with zero attached hydrogens (tertiary/aromatic N) is 3. The first-order chi connectivity index (χ1) is 18.9. The van der Waals surface area contributed by atoms with Gasteiger partial charge in [-0.25, -0.2) is 13.8 Å². The summed E-state index contributed by atoms with van der Waals surface area (Å²) in [5.41, 5.74) is -1.64. The number of fused-ring (bicyclic) bond motifs is 1. The van der Waals surface area contributed by atoms with Crippen LogP contribution in [-0.2, 0) is 16.9 Å². The lowest BCUT2D eigenvalue weighted by molar-refractivity contribution is -0.140. The maximum Gasteiger partial charge on any atom is 0.433 e. The van der Waals surface area contributed by atoms with Gasteiger partial charge in [-0.2, -0.15) is 13.2 Å². The van der Waals surface area contributed by atoms with Crippen LogP contribution in [0.2, 0.25) is 0 Å². The lowest BCUT2D eigenvalue weighted by Crippen LogP contribution is -2.53. The normalized spacial score (nSPS) is 20.9. The van der Waals surface area contributed by atoms with Gasteiger partial charge in [-0.3, -0.25) is 14.5 Å². The Kier molecular flexibility index (Phi) is 7.69. The van der Waals surface area contributed by atoms with Crippen LogP contribution in [0.4, 0.5) is 27.6 Å². The van der Waals surface area contributed by atoms with Crippen molar-refractivity contribution in [1.29, 1.82) is 0 Å². The SMILES string of the molecule is CC(F)(F)c1ccc2nc(C(F)(F)F)cc(NCC(=O)CC3CN(C4CCC(n5ccccc5=O)CC4)C3)c2c1. The Bertz CT molecular complexity index is 1430. The average molecular weight is 563 g/mol. The topological polar surface area (TPSA) is 67.2 Å². The van der Waals surface area contributed by atoms with Crippen molar-refractivity contribution < 1.29 is 26.7 Å². The largest absolute Gasteiger partial charge is 0.433 e. The van der Waals surface area contributed by atoms with E-state index >= 15 is 0 Å². The molecule has 1 aromatic carbocycles. The number of alkyl halides is 5. The third-order valence-electron chi connectivity index (χ3n) is 8.01. The molecule has 1 N–H and O–H groups in total. The van der Waals surface area contributed by atoms with Crippen molar-refractivity contribution in [2.24, 2.45) is 5.92 Å². The molecule has 1 saturated carbocycles. The molecule has 40 heavy (non-hydrogen) atoms. The highest BCUT2D eigenvalue weighted by molar-refractivity contribution is 5.94. The lowest BCUT2D eigenvalue weighted by Gasteiger charge is -2.46. The standard InChI is InChI=1S/C29H31F5N4O2/c1-28(30,31)19-5-10-24-23(13-19)25(14-26(36-24)29(32,33)34)35-15-22(39)12-18-16-37(17-18)20-6-8-21(9-7-20)38-11-3-2-4-27(38)40/h2-5,10-11,13-14,18,20-21H,6-9,12,15-17H2,1H3,(H,35,36). The maximum atomic E-state index is 13.9. The van der Waals surface area contributed by atoms with E-state index in [-0.39, 0.29) is 58.4 Å². The number of ketones is 1. The summed E-state index contributed by atoms with van der Waals surface area (Å²) in [6.45, 7) is 2.05. The Morgan fingerprint density at radius 1 is 1.00 bits per heavy atom. The molecule has 5 rings (SSSR count). The van der Waals surface area contributed by atoms with Gasteiger partial charge in [-0.05, 0) is 55.9 Å². The van der Waals surface area contributed by atoms with E-state index in [1.54, 1.807) is 16.7 Å². The number of carbonyl (C=O) groups excluding carboxylic acids is 1. The van der Waals surface area contributed by atoms with Crippen molar-refractivity contribution in [1.82, 2.24) is 14.5 Å². The first-order valence-electron chi connectivity index (χ1n) is 13.5. The second-order valence-electron chi connectivity index (χ2n) is 11.0. The van der Waals surface area contributed by atoms with E-state index in [1.165, 1.54) is 0 Å². The third-order valence-corrected chi connectivity index (χ3v) is 8.01. The fourth-order valence-electron chi connectivity index (χ4n) is 5.86. The van der Waals surface area contributed by atoms with Crippen LogP contribution in [0.5, 0.6) is 0 Å². The summed E-state index contributed by atoms with van der Waals surface area (Å²) in [5, 5.41) is 2.86. The van der Waals surface area contributed by atoms with Gasteiger partial charge in [0, 0.05) is 67.4 Å². The first kappa shape index (κ1) is 28.2. The number of nitrogens with one attached hydrogen (secondary N) is 1. The molecule has 214 valence electrons. The summed E-state index contributed by atoms with van der Waals surface area (Å²) in [7, 11) is 0. The Morgan fingerprint density at radius 2 is 1.70 bits per heavy atom. The van der Waals surface area contributed by atoms with Crippen molar-refractivity contribution in [3.8, 4) is 0 Å². The molecule has 1 saturated heterocycles. The highest BCUT2D eigenvalue weighted by Crippen LogP contribution is 2.37. The number of hydrogen-bond acceptors (Lipinski definition) is 5.